The Balaban J connectivity index is 1.59. The third-order valence-electron chi connectivity index (χ3n) is 4.36. The fourth-order valence-corrected chi connectivity index (χ4v) is 3.07. The lowest BCUT2D eigenvalue weighted by Crippen LogP contribution is -2.35. The molecule has 1 fully saturated rings. The molecule has 0 spiro atoms. The summed E-state index contributed by atoms with van der Waals surface area (Å²) in [6.07, 6.45) is 6.74. The van der Waals surface area contributed by atoms with E-state index in [0.29, 0.717) is 18.4 Å². The van der Waals surface area contributed by atoms with Crippen LogP contribution < -0.4 is 15.5 Å². The summed E-state index contributed by atoms with van der Waals surface area (Å²) in [6.45, 7) is 7.12. The summed E-state index contributed by atoms with van der Waals surface area (Å²) in [5, 5.41) is 6.35. The Kier molecular flexibility index (Phi) is 5.91. The van der Waals surface area contributed by atoms with Crippen LogP contribution in [0.4, 0.5) is 17.5 Å². The Bertz CT molecular complexity index is 805. The van der Waals surface area contributed by atoms with Crippen LogP contribution >= 0.6 is 0 Å². The van der Waals surface area contributed by atoms with Gasteiger partial charge < -0.3 is 20.3 Å². The second-order valence-corrected chi connectivity index (χ2v) is 7.67. The summed E-state index contributed by atoms with van der Waals surface area (Å²) in [5.74, 6) is 1.86. The molecule has 3 heterocycles. The first-order valence-electron chi connectivity index (χ1n) is 9.41. The summed E-state index contributed by atoms with van der Waals surface area (Å²) in [7, 11) is 1.84. The summed E-state index contributed by atoms with van der Waals surface area (Å²) in [6, 6.07) is 2.25. The van der Waals surface area contributed by atoms with Gasteiger partial charge in [-0.05, 0) is 33.6 Å². The zero-order chi connectivity index (χ0) is 20.1. The molecule has 1 atom stereocenters. The van der Waals surface area contributed by atoms with E-state index in [9.17, 15) is 4.79 Å². The fraction of sp³-hybridized carbons (Fsp3) is 0.526. The molecule has 1 aliphatic rings. The van der Waals surface area contributed by atoms with Gasteiger partial charge in [-0.25, -0.2) is 24.7 Å². The second kappa shape index (κ2) is 8.37. The van der Waals surface area contributed by atoms with Gasteiger partial charge in [-0.1, -0.05) is 0 Å². The molecule has 1 aliphatic heterocycles. The van der Waals surface area contributed by atoms with Crippen LogP contribution in [0, 0.1) is 0 Å². The highest BCUT2D eigenvalue weighted by atomic mass is 16.6. The van der Waals surface area contributed by atoms with Crippen molar-refractivity contribution in [3.05, 3.63) is 30.5 Å². The quantitative estimate of drug-likeness (QED) is 0.725. The van der Waals surface area contributed by atoms with Gasteiger partial charge in [0.05, 0.1) is 12.4 Å². The SMILES string of the molecule is CNc1cc(N2CCC[C@@H]2CNc2cnc(C(=O)OC(C)(C)C)cn2)ncn1. The lowest BCUT2D eigenvalue weighted by molar-refractivity contribution is 0.00624. The van der Waals surface area contributed by atoms with E-state index in [1.54, 1.807) is 12.5 Å². The minimum absolute atomic E-state index is 0.198. The van der Waals surface area contributed by atoms with Gasteiger partial charge in [-0.2, -0.15) is 0 Å². The van der Waals surface area contributed by atoms with Crippen molar-refractivity contribution in [2.45, 2.75) is 45.3 Å². The predicted molar refractivity (Wildman–Crippen MR) is 108 cm³/mol. The molecule has 2 aromatic rings. The van der Waals surface area contributed by atoms with Crippen molar-refractivity contribution in [3.63, 3.8) is 0 Å². The molecule has 28 heavy (non-hydrogen) atoms. The molecule has 150 valence electrons. The minimum atomic E-state index is -0.560. The van der Waals surface area contributed by atoms with Crippen LogP contribution in [0.5, 0.6) is 0 Å². The predicted octanol–water partition coefficient (Wildman–Crippen LogP) is 2.34. The van der Waals surface area contributed by atoms with Crippen molar-refractivity contribution in [2.75, 3.05) is 35.7 Å². The normalized spacial score (nSPS) is 16.7. The molecular formula is C19H27N7O2. The summed E-state index contributed by atoms with van der Waals surface area (Å²) < 4.78 is 5.30. The number of rotatable bonds is 6. The Morgan fingerprint density at radius 1 is 1.21 bits per heavy atom. The largest absolute Gasteiger partial charge is 0.455 e. The molecular weight excluding hydrogens is 358 g/mol. The van der Waals surface area contributed by atoms with Gasteiger partial charge in [0.2, 0.25) is 0 Å². The fourth-order valence-electron chi connectivity index (χ4n) is 3.07. The highest BCUT2D eigenvalue weighted by Gasteiger charge is 2.26. The maximum Gasteiger partial charge on any atom is 0.359 e. The number of carbonyl (C=O) groups excluding carboxylic acids is 1. The van der Waals surface area contributed by atoms with Crippen molar-refractivity contribution < 1.29 is 9.53 Å². The maximum absolute atomic E-state index is 12.0. The molecule has 0 radical (unpaired) electrons. The topological polar surface area (TPSA) is 105 Å². The van der Waals surface area contributed by atoms with Crippen LogP contribution in [-0.4, -0.2) is 57.7 Å². The number of hydrogen-bond donors (Lipinski definition) is 2. The molecule has 3 rings (SSSR count). The van der Waals surface area contributed by atoms with E-state index < -0.39 is 11.6 Å². The van der Waals surface area contributed by atoms with Crippen molar-refractivity contribution in [3.8, 4) is 0 Å². The Labute approximate surface area is 165 Å². The Hall–Kier alpha value is -2.97. The van der Waals surface area contributed by atoms with Crippen LogP contribution in [-0.2, 0) is 4.74 Å². The third-order valence-corrected chi connectivity index (χ3v) is 4.36. The molecule has 0 amide bonds. The molecule has 9 heteroatoms. The first kappa shape index (κ1) is 19.8. The van der Waals surface area contributed by atoms with Gasteiger partial charge in [0.15, 0.2) is 5.69 Å². The van der Waals surface area contributed by atoms with E-state index in [4.69, 9.17) is 4.74 Å². The average Bonchev–Trinajstić information content (AvgIpc) is 3.14. The van der Waals surface area contributed by atoms with Gasteiger partial charge in [0.25, 0.3) is 0 Å². The average molecular weight is 385 g/mol. The molecule has 2 aromatic heterocycles. The molecule has 0 aromatic carbocycles. The van der Waals surface area contributed by atoms with E-state index in [1.807, 2.05) is 33.9 Å². The molecule has 0 bridgehead atoms. The van der Waals surface area contributed by atoms with Gasteiger partial charge >= 0.3 is 5.97 Å². The molecule has 0 unspecified atom stereocenters. The molecule has 2 N–H and O–H groups in total. The Morgan fingerprint density at radius 2 is 2.04 bits per heavy atom. The molecule has 1 saturated heterocycles. The van der Waals surface area contributed by atoms with Crippen LogP contribution in [0.25, 0.3) is 0 Å². The smallest absolute Gasteiger partial charge is 0.359 e. The second-order valence-electron chi connectivity index (χ2n) is 7.67. The number of carbonyl (C=O) groups is 1. The van der Waals surface area contributed by atoms with Crippen molar-refractivity contribution >= 4 is 23.4 Å². The van der Waals surface area contributed by atoms with E-state index >= 15 is 0 Å². The van der Waals surface area contributed by atoms with Crippen LogP contribution in [0.3, 0.4) is 0 Å². The Morgan fingerprint density at radius 3 is 2.71 bits per heavy atom. The van der Waals surface area contributed by atoms with Gasteiger partial charge in [0.1, 0.15) is 29.4 Å². The summed E-state index contributed by atoms with van der Waals surface area (Å²) in [5.41, 5.74) is -0.362. The van der Waals surface area contributed by atoms with Gasteiger partial charge in [-0.15, -0.1) is 0 Å². The van der Waals surface area contributed by atoms with Gasteiger partial charge in [-0.3, -0.25) is 0 Å². The highest BCUT2D eigenvalue weighted by Crippen LogP contribution is 2.25. The third kappa shape index (κ3) is 5.05. The maximum atomic E-state index is 12.0. The van der Waals surface area contributed by atoms with Crippen LogP contribution in [0.2, 0.25) is 0 Å². The van der Waals surface area contributed by atoms with Crippen LogP contribution in [0.15, 0.2) is 24.8 Å². The summed E-state index contributed by atoms with van der Waals surface area (Å²) in [4.78, 5) is 31.3. The number of ether oxygens (including phenoxy) is 1. The molecule has 0 aliphatic carbocycles. The van der Waals surface area contributed by atoms with Crippen molar-refractivity contribution in [2.24, 2.45) is 0 Å². The number of hydrogen-bond acceptors (Lipinski definition) is 9. The number of nitrogens with zero attached hydrogens (tertiary/aromatic N) is 5. The standard InChI is InChI=1S/C19H27N7O2/c1-19(2,3)28-18(27)14-10-23-16(11-21-14)22-9-13-6-5-7-26(13)17-8-15(20-4)24-12-25-17/h8,10-13H,5-7,9H2,1-4H3,(H,22,23)(H,20,24,25)/t13-/m1/s1. The van der Waals surface area contributed by atoms with Gasteiger partial charge in [0, 0.05) is 32.2 Å². The zero-order valence-corrected chi connectivity index (χ0v) is 16.8. The number of aromatic nitrogens is 4. The first-order chi connectivity index (χ1) is 13.4. The van der Waals surface area contributed by atoms with E-state index in [0.717, 1.165) is 31.0 Å². The van der Waals surface area contributed by atoms with E-state index in [1.165, 1.54) is 6.20 Å². The van der Waals surface area contributed by atoms with Crippen molar-refractivity contribution in [1.82, 2.24) is 19.9 Å². The van der Waals surface area contributed by atoms with Crippen LogP contribution in [0.1, 0.15) is 44.1 Å². The summed E-state index contributed by atoms with van der Waals surface area (Å²) >= 11 is 0. The number of esters is 1. The minimum Gasteiger partial charge on any atom is -0.455 e. The number of anilines is 3. The van der Waals surface area contributed by atoms with E-state index in [2.05, 4.69) is 35.5 Å². The lowest BCUT2D eigenvalue weighted by atomic mass is 10.2. The van der Waals surface area contributed by atoms with E-state index in [-0.39, 0.29) is 5.69 Å². The lowest BCUT2D eigenvalue weighted by Gasteiger charge is -2.26. The zero-order valence-electron chi connectivity index (χ0n) is 16.8. The number of nitrogens with one attached hydrogen (secondary N) is 2. The molecule has 9 nitrogen and oxygen atoms in total. The molecule has 0 saturated carbocycles. The first-order valence-corrected chi connectivity index (χ1v) is 9.41. The highest BCUT2D eigenvalue weighted by molar-refractivity contribution is 5.87. The van der Waals surface area contributed by atoms with Crippen molar-refractivity contribution in [1.29, 1.82) is 0 Å². The monoisotopic (exact) mass is 385 g/mol.